The van der Waals surface area contributed by atoms with Crippen LogP contribution in [-0.2, 0) is 9.53 Å². The first-order chi connectivity index (χ1) is 4.66. The van der Waals surface area contributed by atoms with E-state index in [4.69, 9.17) is 4.74 Å². The van der Waals surface area contributed by atoms with E-state index in [1.807, 2.05) is 6.92 Å². The summed E-state index contributed by atoms with van der Waals surface area (Å²) in [5.41, 5.74) is 0. The molecule has 1 fully saturated rings. The molecule has 0 radical (unpaired) electrons. The number of carbonyl (C=O) groups excluding carboxylic acids is 1. The van der Waals surface area contributed by atoms with E-state index in [0.717, 1.165) is 6.29 Å². The maximum atomic E-state index is 10.4. The number of carbonyl (C=O) groups is 1. The molecule has 0 N–H and O–H groups in total. The lowest BCUT2D eigenvalue weighted by Gasteiger charge is -2.09. The fourth-order valence-corrected chi connectivity index (χ4v) is 1.38. The maximum Gasteiger partial charge on any atom is 0.149 e. The Kier molecular flexibility index (Phi) is 2.09. The third-order valence-electron chi connectivity index (χ3n) is 2.59. The minimum atomic E-state index is -0.162. The first-order valence-electron chi connectivity index (χ1n) is 3.77. The van der Waals surface area contributed by atoms with Gasteiger partial charge in [-0.05, 0) is 18.8 Å². The molecule has 2 nitrogen and oxygen atoms in total. The van der Waals surface area contributed by atoms with Crippen LogP contribution in [-0.4, -0.2) is 18.5 Å². The molecule has 10 heavy (non-hydrogen) atoms. The highest BCUT2D eigenvalue weighted by Gasteiger charge is 2.35. The van der Waals surface area contributed by atoms with Crippen LogP contribution in [0, 0.1) is 11.8 Å². The topological polar surface area (TPSA) is 26.3 Å². The van der Waals surface area contributed by atoms with Crippen molar-refractivity contribution in [2.24, 2.45) is 11.8 Å². The zero-order valence-electron chi connectivity index (χ0n) is 6.70. The third-order valence-corrected chi connectivity index (χ3v) is 2.59. The van der Waals surface area contributed by atoms with Crippen LogP contribution in [0.4, 0.5) is 0 Å². The van der Waals surface area contributed by atoms with Gasteiger partial charge in [-0.3, -0.25) is 0 Å². The minimum Gasteiger partial charge on any atom is -0.367 e. The number of rotatable bonds is 1. The number of aldehydes is 1. The van der Waals surface area contributed by atoms with Gasteiger partial charge in [0.25, 0.3) is 0 Å². The molecule has 0 aliphatic carbocycles. The molecular weight excluding hydrogens is 128 g/mol. The van der Waals surface area contributed by atoms with E-state index >= 15 is 0 Å². The summed E-state index contributed by atoms with van der Waals surface area (Å²) in [4.78, 5) is 10.4. The summed E-state index contributed by atoms with van der Waals surface area (Å²) in [6, 6.07) is 0. The molecule has 0 bridgehead atoms. The molecule has 1 unspecified atom stereocenters. The van der Waals surface area contributed by atoms with Crippen molar-refractivity contribution < 1.29 is 9.53 Å². The van der Waals surface area contributed by atoms with Gasteiger partial charge in [-0.2, -0.15) is 0 Å². The van der Waals surface area contributed by atoms with Crippen molar-refractivity contribution in [3.05, 3.63) is 0 Å². The zero-order valence-corrected chi connectivity index (χ0v) is 6.70. The molecule has 0 saturated carbocycles. The van der Waals surface area contributed by atoms with E-state index in [-0.39, 0.29) is 12.2 Å². The SMILES string of the molecule is CC1[C@H](C)O[C@H](C=O)[C@@H]1C. The standard InChI is InChI=1S/C8H14O2/c1-5-6(2)8(4-9)10-7(5)3/h4-8H,1-3H3/t5?,6-,7+,8-/m1/s1. The van der Waals surface area contributed by atoms with Crippen molar-refractivity contribution in [3.8, 4) is 0 Å². The number of hydrogen-bond donors (Lipinski definition) is 0. The van der Waals surface area contributed by atoms with E-state index in [1.165, 1.54) is 0 Å². The molecular formula is C8H14O2. The molecule has 0 aromatic heterocycles. The summed E-state index contributed by atoms with van der Waals surface area (Å²) < 4.78 is 5.37. The summed E-state index contributed by atoms with van der Waals surface area (Å²) in [6.07, 6.45) is 0.986. The molecule has 1 saturated heterocycles. The van der Waals surface area contributed by atoms with E-state index in [0.29, 0.717) is 11.8 Å². The first-order valence-corrected chi connectivity index (χ1v) is 3.77. The van der Waals surface area contributed by atoms with Gasteiger partial charge in [0.15, 0.2) is 0 Å². The molecule has 4 atom stereocenters. The van der Waals surface area contributed by atoms with E-state index in [9.17, 15) is 4.79 Å². The predicted molar refractivity (Wildman–Crippen MR) is 38.7 cm³/mol. The Bertz CT molecular complexity index is 133. The largest absolute Gasteiger partial charge is 0.367 e. The highest BCUT2D eigenvalue weighted by Crippen LogP contribution is 2.30. The van der Waals surface area contributed by atoms with E-state index < -0.39 is 0 Å². The third kappa shape index (κ3) is 1.08. The van der Waals surface area contributed by atoms with Crippen LogP contribution >= 0.6 is 0 Å². The average Bonchev–Trinajstić information content (AvgIpc) is 2.17. The van der Waals surface area contributed by atoms with E-state index in [1.54, 1.807) is 0 Å². The second-order valence-corrected chi connectivity index (χ2v) is 3.16. The molecule has 1 rings (SSSR count). The van der Waals surface area contributed by atoms with Crippen LogP contribution in [0.5, 0.6) is 0 Å². The Labute approximate surface area is 61.6 Å². The van der Waals surface area contributed by atoms with Crippen LogP contribution in [0.3, 0.4) is 0 Å². The van der Waals surface area contributed by atoms with Crippen molar-refractivity contribution in [2.45, 2.75) is 33.0 Å². The highest BCUT2D eigenvalue weighted by molar-refractivity contribution is 5.57. The first kappa shape index (κ1) is 7.73. The Hall–Kier alpha value is -0.370. The Morgan fingerprint density at radius 3 is 2.00 bits per heavy atom. The van der Waals surface area contributed by atoms with Gasteiger partial charge in [-0.15, -0.1) is 0 Å². The average molecular weight is 142 g/mol. The number of ether oxygens (including phenoxy) is 1. The minimum absolute atomic E-state index is 0.162. The number of hydrogen-bond acceptors (Lipinski definition) is 2. The molecule has 1 heterocycles. The van der Waals surface area contributed by atoms with Gasteiger partial charge in [-0.25, -0.2) is 0 Å². The lowest BCUT2D eigenvalue weighted by Crippen LogP contribution is -2.16. The van der Waals surface area contributed by atoms with Crippen molar-refractivity contribution in [2.75, 3.05) is 0 Å². The zero-order chi connectivity index (χ0) is 7.72. The van der Waals surface area contributed by atoms with E-state index in [2.05, 4.69) is 13.8 Å². The van der Waals surface area contributed by atoms with Gasteiger partial charge in [0.1, 0.15) is 12.4 Å². The van der Waals surface area contributed by atoms with Gasteiger partial charge >= 0.3 is 0 Å². The Morgan fingerprint density at radius 1 is 1.20 bits per heavy atom. The van der Waals surface area contributed by atoms with Crippen LogP contribution in [0.25, 0.3) is 0 Å². The fraction of sp³-hybridized carbons (Fsp3) is 0.875. The van der Waals surface area contributed by atoms with Crippen LogP contribution in [0.2, 0.25) is 0 Å². The molecule has 2 heteroatoms. The maximum absolute atomic E-state index is 10.4. The van der Waals surface area contributed by atoms with Gasteiger partial charge in [0.05, 0.1) is 6.10 Å². The van der Waals surface area contributed by atoms with Crippen molar-refractivity contribution >= 4 is 6.29 Å². The fourth-order valence-electron chi connectivity index (χ4n) is 1.38. The van der Waals surface area contributed by atoms with Gasteiger partial charge in [0, 0.05) is 0 Å². The summed E-state index contributed by atoms with van der Waals surface area (Å²) in [5.74, 6) is 0.891. The summed E-state index contributed by atoms with van der Waals surface area (Å²) in [6.45, 7) is 6.21. The lowest BCUT2D eigenvalue weighted by molar-refractivity contribution is -0.118. The Morgan fingerprint density at radius 2 is 1.80 bits per heavy atom. The summed E-state index contributed by atoms with van der Waals surface area (Å²) in [7, 11) is 0. The van der Waals surface area contributed by atoms with Gasteiger partial charge < -0.3 is 9.53 Å². The van der Waals surface area contributed by atoms with Crippen molar-refractivity contribution in [1.29, 1.82) is 0 Å². The van der Waals surface area contributed by atoms with Crippen LogP contribution in [0.1, 0.15) is 20.8 Å². The molecule has 58 valence electrons. The smallest absolute Gasteiger partial charge is 0.149 e. The Balaban J connectivity index is 2.61. The van der Waals surface area contributed by atoms with Crippen LogP contribution in [0.15, 0.2) is 0 Å². The lowest BCUT2D eigenvalue weighted by atomic mass is 9.91. The molecule has 1 aliphatic rings. The quantitative estimate of drug-likeness (QED) is 0.515. The monoisotopic (exact) mass is 142 g/mol. The molecule has 1 aliphatic heterocycles. The normalized spacial score (nSPS) is 47.5. The van der Waals surface area contributed by atoms with Gasteiger partial charge in [0.2, 0.25) is 0 Å². The van der Waals surface area contributed by atoms with Crippen LogP contribution < -0.4 is 0 Å². The van der Waals surface area contributed by atoms with Crippen molar-refractivity contribution in [3.63, 3.8) is 0 Å². The second kappa shape index (κ2) is 2.70. The van der Waals surface area contributed by atoms with Gasteiger partial charge in [-0.1, -0.05) is 13.8 Å². The molecule has 0 aromatic carbocycles. The molecule has 0 spiro atoms. The summed E-state index contributed by atoms with van der Waals surface area (Å²) >= 11 is 0. The van der Waals surface area contributed by atoms with Crippen molar-refractivity contribution in [1.82, 2.24) is 0 Å². The summed E-state index contributed by atoms with van der Waals surface area (Å²) in [5, 5.41) is 0. The highest BCUT2D eigenvalue weighted by atomic mass is 16.5. The molecule has 0 amide bonds. The molecule has 0 aromatic rings. The predicted octanol–water partition coefficient (Wildman–Crippen LogP) is 1.24. The second-order valence-electron chi connectivity index (χ2n) is 3.16.